The molecule has 7 nitrogen and oxygen atoms in total. The number of hydrogen-bond donors (Lipinski definition) is 1. The largest absolute Gasteiger partial charge is 0.435 e. The third-order valence-electron chi connectivity index (χ3n) is 1.99. The molecule has 0 saturated heterocycles. The van der Waals surface area contributed by atoms with Gasteiger partial charge in [0.2, 0.25) is 0 Å². The molecule has 1 heterocycles. The molecule has 0 unspecified atom stereocenters. The maximum atomic E-state index is 11.5. The molecule has 0 saturated carbocycles. The van der Waals surface area contributed by atoms with Crippen LogP contribution in [0.15, 0.2) is 12.4 Å². The number of aromatic nitrogens is 2. The monoisotopic (exact) mass is 256 g/mol. The van der Waals surface area contributed by atoms with Gasteiger partial charge in [0.25, 0.3) is 5.91 Å². The van der Waals surface area contributed by atoms with Crippen LogP contribution in [0.1, 0.15) is 28.2 Å². The number of nitrogens with one attached hydrogen (secondary N) is 1. The number of imidazole rings is 1. The molecular formula is C11H20N4O3. The molecule has 0 radical (unpaired) electrons. The second-order valence-electron chi connectivity index (χ2n) is 4.95. The van der Waals surface area contributed by atoms with Gasteiger partial charge < -0.3 is 15.4 Å². The summed E-state index contributed by atoms with van der Waals surface area (Å²) < 4.78 is 1.21. The summed E-state index contributed by atoms with van der Waals surface area (Å²) in [6.45, 7) is 6.41. The molecule has 0 bridgehead atoms. The van der Waals surface area contributed by atoms with Crippen molar-refractivity contribution in [3.63, 3.8) is 0 Å². The highest BCUT2D eigenvalue weighted by molar-refractivity contribution is 5.75. The van der Waals surface area contributed by atoms with Gasteiger partial charge in [-0.2, -0.15) is 0 Å². The lowest BCUT2D eigenvalue weighted by molar-refractivity contribution is -0.396. The van der Waals surface area contributed by atoms with E-state index in [1.807, 2.05) is 20.8 Å². The van der Waals surface area contributed by atoms with Crippen molar-refractivity contribution >= 4 is 11.9 Å². The van der Waals surface area contributed by atoms with Gasteiger partial charge in [-0.3, -0.25) is 4.79 Å². The van der Waals surface area contributed by atoms with E-state index < -0.39 is 4.92 Å². The molecule has 18 heavy (non-hydrogen) atoms. The molecular weight excluding hydrogens is 236 g/mol. The highest BCUT2D eigenvalue weighted by atomic mass is 16.6. The van der Waals surface area contributed by atoms with Crippen LogP contribution in [0.25, 0.3) is 0 Å². The Labute approximate surface area is 106 Å². The predicted molar refractivity (Wildman–Crippen MR) is 68.1 cm³/mol. The topological polar surface area (TPSA) is 90.1 Å². The zero-order chi connectivity index (χ0) is 13.1. The Balaban J connectivity index is 0.00000289. The summed E-state index contributed by atoms with van der Waals surface area (Å²) in [5.41, 5.74) is -0.0173. The second kappa shape index (κ2) is 6.13. The molecule has 0 fully saturated rings. The Morgan fingerprint density at radius 2 is 2.17 bits per heavy atom. The normalized spacial score (nSPS) is 10.6. The first-order valence-electron chi connectivity index (χ1n) is 5.22. The number of amides is 1. The highest BCUT2D eigenvalue weighted by Gasteiger charge is 2.18. The summed E-state index contributed by atoms with van der Waals surface area (Å²) >= 11 is 0. The molecule has 1 amide bonds. The summed E-state index contributed by atoms with van der Waals surface area (Å²) in [6.07, 6.45) is 2.71. The van der Waals surface area contributed by atoms with Gasteiger partial charge in [-0.05, 0) is 10.3 Å². The number of carbonyl (C=O) groups excluding carboxylic acids is 1. The lowest BCUT2D eigenvalue weighted by Crippen LogP contribution is -2.34. The average Bonchev–Trinajstić information content (AvgIpc) is 2.62. The third-order valence-corrected chi connectivity index (χ3v) is 1.99. The van der Waals surface area contributed by atoms with Crippen LogP contribution in [-0.4, -0.2) is 26.9 Å². The van der Waals surface area contributed by atoms with E-state index >= 15 is 0 Å². The summed E-state index contributed by atoms with van der Waals surface area (Å²) in [5, 5.41) is 13.3. The highest BCUT2D eigenvalue weighted by Crippen LogP contribution is 2.10. The summed E-state index contributed by atoms with van der Waals surface area (Å²) in [7, 11) is 0. The first-order chi connectivity index (χ1) is 7.79. The van der Waals surface area contributed by atoms with Crippen LogP contribution in [0.5, 0.6) is 0 Å². The van der Waals surface area contributed by atoms with Crippen molar-refractivity contribution < 1.29 is 9.72 Å². The molecule has 1 aromatic rings. The van der Waals surface area contributed by atoms with Crippen LogP contribution in [0.2, 0.25) is 0 Å². The molecule has 0 atom stereocenters. The summed E-state index contributed by atoms with van der Waals surface area (Å²) in [4.78, 5) is 25.1. The predicted octanol–water partition coefficient (Wildman–Crippen LogP) is 1.59. The van der Waals surface area contributed by atoms with E-state index in [9.17, 15) is 14.9 Å². The van der Waals surface area contributed by atoms with E-state index in [2.05, 4.69) is 10.3 Å². The fourth-order valence-electron chi connectivity index (χ4n) is 1.17. The van der Waals surface area contributed by atoms with Crippen molar-refractivity contribution in [3.8, 4) is 0 Å². The Morgan fingerprint density at radius 1 is 1.56 bits per heavy atom. The molecule has 0 aromatic carbocycles. The van der Waals surface area contributed by atoms with Gasteiger partial charge in [0.05, 0.1) is 0 Å². The van der Waals surface area contributed by atoms with Gasteiger partial charge in [-0.1, -0.05) is 33.2 Å². The van der Waals surface area contributed by atoms with Gasteiger partial charge in [0, 0.05) is 6.54 Å². The van der Waals surface area contributed by atoms with Crippen LogP contribution in [0.4, 0.5) is 5.95 Å². The first-order valence-corrected chi connectivity index (χ1v) is 5.22. The minimum atomic E-state index is -0.614. The van der Waals surface area contributed by atoms with Gasteiger partial charge in [-0.15, -0.1) is 0 Å². The molecule has 1 aromatic heterocycles. The smallest absolute Gasteiger partial charge is 0.390 e. The maximum absolute atomic E-state index is 11.5. The fourth-order valence-corrected chi connectivity index (χ4v) is 1.17. The second-order valence-corrected chi connectivity index (χ2v) is 4.95. The minimum absolute atomic E-state index is 0. The van der Waals surface area contributed by atoms with Crippen LogP contribution in [0.3, 0.4) is 0 Å². The Bertz CT molecular complexity index is 420. The van der Waals surface area contributed by atoms with E-state index in [1.54, 1.807) is 0 Å². The van der Waals surface area contributed by atoms with Crippen molar-refractivity contribution in [1.29, 1.82) is 0 Å². The molecule has 0 aliphatic rings. The molecule has 102 valence electrons. The quantitative estimate of drug-likeness (QED) is 0.654. The molecule has 7 heteroatoms. The minimum Gasteiger partial charge on any atom is -0.390 e. The molecule has 0 aliphatic carbocycles. The van der Waals surface area contributed by atoms with Gasteiger partial charge in [-0.25, -0.2) is 4.57 Å². The number of rotatable bonds is 4. The zero-order valence-electron chi connectivity index (χ0n) is 10.1. The van der Waals surface area contributed by atoms with E-state index in [-0.39, 0.29) is 31.2 Å². The van der Waals surface area contributed by atoms with E-state index in [0.29, 0.717) is 6.54 Å². The van der Waals surface area contributed by atoms with Gasteiger partial charge >= 0.3 is 5.95 Å². The van der Waals surface area contributed by atoms with Crippen LogP contribution < -0.4 is 5.32 Å². The van der Waals surface area contributed by atoms with Crippen LogP contribution >= 0.6 is 0 Å². The first kappa shape index (κ1) is 16.1. The van der Waals surface area contributed by atoms with Crippen molar-refractivity contribution in [2.24, 2.45) is 5.41 Å². The fraction of sp³-hybridized carbons (Fsp3) is 0.636. The summed E-state index contributed by atoms with van der Waals surface area (Å²) in [5.74, 6) is -0.586. The Morgan fingerprint density at radius 3 is 2.67 bits per heavy atom. The Hall–Kier alpha value is -1.92. The number of nitrogens with zero attached hydrogens (tertiary/aromatic N) is 3. The molecule has 1 N–H and O–H groups in total. The standard InChI is InChI=1S/C10H16N4O3.CH4/c1-10(2,3)7-12-8(15)6-13-5-4-11-9(13)14(16)17;/h4-5H,6-7H2,1-3H3,(H,12,15);1H4. The molecule has 0 spiro atoms. The van der Waals surface area contributed by atoms with Crippen LogP contribution in [-0.2, 0) is 11.3 Å². The molecule has 0 aliphatic heterocycles. The summed E-state index contributed by atoms with van der Waals surface area (Å²) in [6, 6.07) is 0. The average molecular weight is 256 g/mol. The lowest BCUT2D eigenvalue weighted by atomic mass is 9.97. The molecule has 1 rings (SSSR count). The SMILES string of the molecule is C.CC(C)(C)CNC(=O)Cn1ccnc1[N+](=O)[O-]. The van der Waals surface area contributed by atoms with E-state index in [0.717, 1.165) is 0 Å². The lowest BCUT2D eigenvalue weighted by Gasteiger charge is -2.18. The van der Waals surface area contributed by atoms with Gasteiger partial charge in [0.15, 0.2) is 6.54 Å². The van der Waals surface area contributed by atoms with E-state index in [4.69, 9.17) is 0 Å². The number of nitro groups is 1. The third kappa shape index (κ3) is 4.94. The van der Waals surface area contributed by atoms with Crippen molar-refractivity contribution in [1.82, 2.24) is 14.9 Å². The number of hydrogen-bond acceptors (Lipinski definition) is 4. The van der Waals surface area contributed by atoms with Crippen LogP contribution in [0, 0.1) is 15.5 Å². The van der Waals surface area contributed by atoms with Gasteiger partial charge in [0.1, 0.15) is 12.4 Å². The maximum Gasteiger partial charge on any atom is 0.435 e. The zero-order valence-corrected chi connectivity index (χ0v) is 10.1. The Kier molecular flexibility index (Phi) is 5.48. The van der Waals surface area contributed by atoms with Crippen molar-refractivity contribution in [2.45, 2.75) is 34.7 Å². The van der Waals surface area contributed by atoms with Crippen molar-refractivity contribution in [3.05, 3.63) is 22.5 Å². The number of carbonyl (C=O) groups is 1. The van der Waals surface area contributed by atoms with E-state index in [1.165, 1.54) is 17.0 Å². The van der Waals surface area contributed by atoms with Crippen molar-refractivity contribution in [2.75, 3.05) is 6.54 Å².